The Morgan fingerprint density at radius 1 is 1.27 bits per heavy atom. The van der Waals surface area contributed by atoms with E-state index in [2.05, 4.69) is 20.8 Å². The van der Waals surface area contributed by atoms with E-state index in [1.165, 1.54) is 23.8 Å². The molecule has 0 fully saturated rings. The summed E-state index contributed by atoms with van der Waals surface area (Å²) >= 11 is 2.88. The number of thioether (sulfide) groups is 1. The van der Waals surface area contributed by atoms with Crippen molar-refractivity contribution in [3.63, 3.8) is 0 Å². The van der Waals surface area contributed by atoms with Crippen molar-refractivity contribution >= 4 is 40.0 Å². The van der Waals surface area contributed by atoms with E-state index in [-0.39, 0.29) is 11.8 Å². The van der Waals surface area contributed by atoms with Gasteiger partial charge in [-0.05, 0) is 12.5 Å². The molecule has 0 aliphatic rings. The van der Waals surface area contributed by atoms with Gasteiger partial charge in [-0.3, -0.25) is 14.9 Å². The highest BCUT2D eigenvalue weighted by atomic mass is 32.2. The summed E-state index contributed by atoms with van der Waals surface area (Å²) in [4.78, 5) is 22.8. The Balaban J connectivity index is 1.86. The largest absolute Gasteiger partial charge is 0.345 e. The van der Waals surface area contributed by atoms with E-state index in [4.69, 9.17) is 0 Å². The van der Waals surface area contributed by atoms with Crippen LogP contribution >= 0.6 is 23.1 Å². The quantitative estimate of drug-likeness (QED) is 0.624. The zero-order valence-electron chi connectivity index (χ0n) is 12.2. The summed E-state index contributed by atoms with van der Waals surface area (Å²) in [5, 5.41) is 13.6. The number of hydrogen-bond donors (Lipinski definition) is 2. The zero-order chi connectivity index (χ0) is 15.9. The van der Waals surface area contributed by atoms with Crippen LogP contribution in [-0.2, 0) is 15.3 Å². The topological polar surface area (TPSA) is 84.0 Å². The first-order valence-electron chi connectivity index (χ1n) is 6.63. The highest BCUT2D eigenvalue weighted by Crippen LogP contribution is 2.28. The molecule has 1 aromatic heterocycles. The normalized spacial score (nSPS) is 11.7. The number of anilines is 1. The van der Waals surface area contributed by atoms with Gasteiger partial charge in [0.1, 0.15) is 6.04 Å². The fraction of sp³-hybridized carbons (Fsp3) is 0.286. The van der Waals surface area contributed by atoms with Gasteiger partial charge in [0.2, 0.25) is 16.9 Å². The molecule has 8 heteroatoms. The molecule has 0 saturated heterocycles. The Labute approximate surface area is 136 Å². The molecule has 2 N–H and O–H groups in total. The molecule has 1 heterocycles. The molecule has 0 saturated carbocycles. The molecule has 2 rings (SSSR count). The third-order valence-corrected chi connectivity index (χ3v) is 4.70. The third kappa shape index (κ3) is 5.12. The number of aromatic nitrogens is 2. The van der Waals surface area contributed by atoms with E-state index in [0.717, 1.165) is 10.1 Å². The van der Waals surface area contributed by atoms with Gasteiger partial charge in [0.25, 0.3) is 0 Å². The predicted molar refractivity (Wildman–Crippen MR) is 87.8 cm³/mol. The SMILES string of the molecule is CC(=O)NC(C)C(=O)Nc1nnc(SCc2ccccc2)s1. The van der Waals surface area contributed by atoms with Crippen molar-refractivity contribution in [1.29, 1.82) is 0 Å². The lowest BCUT2D eigenvalue weighted by molar-refractivity contribution is -0.124. The molecular formula is C14H16N4O2S2. The van der Waals surface area contributed by atoms with E-state index < -0.39 is 6.04 Å². The number of rotatable bonds is 6. The maximum Gasteiger partial charge on any atom is 0.248 e. The molecule has 1 aromatic carbocycles. The van der Waals surface area contributed by atoms with E-state index >= 15 is 0 Å². The van der Waals surface area contributed by atoms with Crippen molar-refractivity contribution in [2.45, 2.75) is 30.0 Å². The molecule has 1 unspecified atom stereocenters. The Morgan fingerprint density at radius 2 is 2.00 bits per heavy atom. The summed E-state index contributed by atoms with van der Waals surface area (Å²) in [5.41, 5.74) is 1.20. The summed E-state index contributed by atoms with van der Waals surface area (Å²) in [6.45, 7) is 2.98. The summed E-state index contributed by atoms with van der Waals surface area (Å²) < 4.78 is 0.784. The Morgan fingerprint density at radius 3 is 2.68 bits per heavy atom. The van der Waals surface area contributed by atoms with Gasteiger partial charge in [0, 0.05) is 12.7 Å². The Kier molecular flexibility index (Phi) is 5.91. The highest BCUT2D eigenvalue weighted by molar-refractivity contribution is 8.00. The fourth-order valence-electron chi connectivity index (χ4n) is 1.62. The fourth-order valence-corrected chi connectivity index (χ4v) is 3.33. The zero-order valence-corrected chi connectivity index (χ0v) is 13.8. The van der Waals surface area contributed by atoms with Crippen LogP contribution in [0.2, 0.25) is 0 Å². The number of hydrogen-bond acceptors (Lipinski definition) is 6. The minimum absolute atomic E-state index is 0.251. The number of benzene rings is 1. The van der Waals surface area contributed by atoms with Crippen LogP contribution in [-0.4, -0.2) is 28.1 Å². The van der Waals surface area contributed by atoms with Gasteiger partial charge in [-0.25, -0.2) is 0 Å². The molecule has 2 amide bonds. The van der Waals surface area contributed by atoms with E-state index in [0.29, 0.717) is 5.13 Å². The van der Waals surface area contributed by atoms with Crippen LogP contribution in [0.3, 0.4) is 0 Å². The van der Waals surface area contributed by atoms with Crippen molar-refractivity contribution in [1.82, 2.24) is 15.5 Å². The lowest BCUT2D eigenvalue weighted by Crippen LogP contribution is -2.40. The highest BCUT2D eigenvalue weighted by Gasteiger charge is 2.16. The maximum atomic E-state index is 11.8. The first-order chi connectivity index (χ1) is 10.5. The second kappa shape index (κ2) is 7.90. The van der Waals surface area contributed by atoms with Gasteiger partial charge >= 0.3 is 0 Å². The van der Waals surface area contributed by atoms with E-state index in [9.17, 15) is 9.59 Å². The number of amides is 2. The van der Waals surface area contributed by atoms with Crippen molar-refractivity contribution in [3.8, 4) is 0 Å². The summed E-state index contributed by atoms with van der Waals surface area (Å²) in [5.74, 6) is 0.233. The molecule has 0 radical (unpaired) electrons. The summed E-state index contributed by atoms with van der Waals surface area (Å²) in [7, 11) is 0. The molecule has 0 spiro atoms. The average molecular weight is 336 g/mol. The minimum atomic E-state index is -0.609. The lowest BCUT2D eigenvalue weighted by atomic mass is 10.2. The molecule has 1 atom stereocenters. The lowest BCUT2D eigenvalue weighted by Gasteiger charge is -2.10. The van der Waals surface area contributed by atoms with Crippen LogP contribution in [0.5, 0.6) is 0 Å². The number of nitrogens with one attached hydrogen (secondary N) is 2. The smallest absolute Gasteiger partial charge is 0.248 e. The molecule has 0 aliphatic heterocycles. The molecule has 2 aromatic rings. The van der Waals surface area contributed by atoms with Crippen LogP contribution in [0.1, 0.15) is 19.4 Å². The summed E-state index contributed by atoms with van der Waals surface area (Å²) in [6, 6.07) is 9.44. The predicted octanol–water partition coefficient (Wildman–Crippen LogP) is 2.29. The molecule has 116 valence electrons. The Bertz CT molecular complexity index is 645. The molecule has 6 nitrogen and oxygen atoms in total. The van der Waals surface area contributed by atoms with E-state index in [1.54, 1.807) is 18.7 Å². The second-order valence-corrected chi connectivity index (χ2v) is 6.76. The van der Waals surface area contributed by atoms with Gasteiger partial charge in [-0.15, -0.1) is 10.2 Å². The van der Waals surface area contributed by atoms with Crippen LogP contribution in [0.25, 0.3) is 0 Å². The van der Waals surface area contributed by atoms with E-state index in [1.807, 2.05) is 30.3 Å². The first-order valence-corrected chi connectivity index (χ1v) is 8.43. The van der Waals surface area contributed by atoms with Crippen LogP contribution < -0.4 is 10.6 Å². The first kappa shape index (κ1) is 16.4. The van der Waals surface area contributed by atoms with Gasteiger partial charge in [-0.2, -0.15) is 0 Å². The number of carbonyl (C=O) groups is 2. The van der Waals surface area contributed by atoms with Crippen molar-refractivity contribution < 1.29 is 9.59 Å². The summed E-state index contributed by atoms with van der Waals surface area (Å²) in [6.07, 6.45) is 0. The van der Waals surface area contributed by atoms with Crippen LogP contribution in [0.4, 0.5) is 5.13 Å². The molecule has 0 bridgehead atoms. The van der Waals surface area contributed by atoms with Gasteiger partial charge in [0.15, 0.2) is 4.34 Å². The van der Waals surface area contributed by atoms with Crippen LogP contribution in [0, 0.1) is 0 Å². The number of carbonyl (C=O) groups excluding carboxylic acids is 2. The third-order valence-electron chi connectivity index (χ3n) is 2.65. The average Bonchev–Trinajstić information content (AvgIpc) is 2.93. The van der Waals surface area contributed by atoms with Gasteiger partial charge in [-0.1, -0.05) is 53.4 Å². The van der Waals surface area contributed by atoms with Gasteiger partial charge in [0.05, 0.1) is 0 Å². The number of nitrogens with zero attached hydrogens (tertiary/aromatic N) is 2. The van der Waals surface area contributed by atoms with Gasteiger partial charge < -0.3 is 5.32 Å². The standard InChI is InChI=1S/C14H16N4O2S2/c1-9(15-10(2)19)12(20)16-13-17-18-14(22-13)21-8-11-6-4-3-5-7-11/h3-7,9H,8H2,1-2H3,(H,15,19)(H,16,17,20). The molecule has 22 heavy (non-hydrogen) atoms. The second-order valence-electron chi connectivity index (χ2n) is 4.56. The van der Waals surface area contributed by atoms with Crippen molar-refractivity contribution in [2.24, 2.45) is 0 Å². The van der Waals surface area contributed by atoms with Crippen molar-refractivity contribution in [3.05, 3.63) is 35.9 Å². The Hall–Kier alpha value is -1.93. The minimum Gasteiger partial charge on any atom is -0.345 e. The van der Waals surface area contributed by atoms with Crippen molar-refractivity contribution in [2.75, 3.05) is 5.32 Å². The monoisotopic (exact) mass is 336 g/mol. The van der Waals surface area contributed by atoms with Crippen LogP contribution in [0.15, 0.2) is 34.7 Å². The molecule has 0 aliphatic carbocycles. The maximum absolute atomic E-state index is 11.8. The molecular weight excluding hydrogens is 320 g/mol.